The number of ether oxygens (including phenoxy) is 4. The van der Waals surface area contributed by atoms with Crippen molar-refractivity contribution in [1.29, 1.82) is 0 Å². The van der Waals surface area contributed by atoms with Crippen molar-refractivity contribution >= 4 is 39.4 Å². The number of nitrogens with two attached hydrogens (primary N) is 1. The van der Waals surface area contributed by atoms with Gasteiger partial charge in [-0.3, -0.25) is 0 Å². The Kier molecular flexibility index (Phi) is 6.28. The summed E-state index contributed by atoms with van der Waals surface area (Å²) in [5.41, 5.74) is 9.72. The highest BCUT2D eigenvalue weighted by Crippen LogP contribution is 2.31. The Bertz CT molecular complexity index is 914. The van der Waals surface area contributed by atoms with E-state index in [4.69, 9.17) is 24.7 Å². The van der Waals surface area contributed by atoms with Gasteiger partial charge in [0.15, 0.2) is 25.1 Å². The molecule has 0 spiro atoms. The molecule has 27 heavy (non-hydrogen) atoms. The van der Waals surface area contributed by atoms with Crippen molar-refractivity contribution in [3.63, 3.8) is 0 Å². The highest BCUT2D eigenvalue weighted by atomic mass is 32.1. The highest BCUT2D eigenvalue weighted by molar-refractivity contribution is 7.19. The molecule has 0 radical (unpaired) electrons. The zero-order valence-corrected chi connectivity index (χ0v) is 16.3. The van der Waals surface area contributed by atoms with E-state index >= 15 is 0 Å². The van der Waals surface area contributed by atoms with Gasteiger partial charge >= 0.3 is 0 Å². The smallest absolute Gasteiger partial charge is 0.188 e. The average Bonchev–Trinajstić information content (AvgIpc) is 3.05. The van der Waals surface area contributed by atoms with Crippen LogP contribution in [0.1, 0.15) is 16.1 Å². The molecule has 142 valence electrons. The molecule has 0 saturated carbocycles. The summed E-state index contributed by atoms with van der Waals surface area (Å²) in [4.78, 5) is 4.64. The first-order chi connectivity index (χ1) is 13.1. The Morgan fingerprint density at radius 1 is 1.00 bits per heavy atom. The molecular formula is C20H22N2O4S. The van der Waals surface area contributed by atoms with Gasteiger partial charge in [-0.1, -0.05) is 12.1 Å². The molecule has 0 unspecified atom stereocenters. The van der Waals surface area contributed by atoms with Gasteiger partial charge in [0.1, 0.15) is 5.01 Å². The van der Waals surface area contributed by atoms with Crippen LogP contribution in [0.4, 0.5) is 5.69 Å². The summed E-state index contributed by atoms with van der Waals surface area (Å²) in [6.07, 6.45) is 3.95. The zero-order valence-electron chi connectivity index (χ0n) is 15.5. The summed E-state index contributed by atoms with van der Waals surface area (Å²) in [6, 6.07) is 9.65. The lowest BCUT2D eigenvalue weighted by Crippen LogP contribution is -2.04. The Balaban J connectivity index is 1.83. The third-order valence-electron chi connectivity index (χ3n) is 3.84. The van der Waals surface area contributed by atoms with Crippen LogP contribution < -0.4 is 15.2 Å². The van der Waals surface area contributed by atoms with Gasteiger partial charge in [-0.05, 0) is 48.4 Å². The third-order valence-corrected chi connectivity index (χ3v) is 4.83. The van der Waals surface area contributed by atoms with Gasteiger partial charge in [0.25, 0.3) is 0 Å². The Morgan fingerprint density at radius 3 is 2.48 bits per heavy atom. The van der Waals surface area contributed by atoms with Crippen LogP contribution in [-0.2, 0) is 9.47 Å². The van der Waals surface area contributed by atoms with E-state index < -0.39 is 0 Å². The summed E-state index contributed by atoms with van der Waals surface area (Å²) < 4.78 is 22.1. The number of hydrogen-bond donors (Lipinski definition) is 1. The molecule has 1 heterocycles. The number of nitrogen functional groups attached to an aromatic ring is 1. The number of anilines is 1. The van der Waals surface area contributed by atoms with E-state index in [0.717, 1.165) is 32.0 Å². The molecule has 0 aliphatic rings. The quantitative estimate of drug-likeness (QED) is 0.459. The number of fused-ring (bicyclic) bond motifs is 1. The van der Waals surface area contributed by atoms with Crippen molar-refractivity contribution in [2.45, 2.75) is 6.92 Å². The Morgan fingerprint density at radius 2 is 1.74 bits per heavy atom. The number of methoxy groups -OCH3 is 2. The molecule has 0 bridgehead atoms. The van der Waals surface area contributed by atoms with E-state index in [2.05, 4.69) is 4.98 Å². The molecule has 2 N–H and O–H groups in total. The molecule has 0 aliphatic carbocycles. The highest BCUT2D eigenvalue weighted by Gasteiger charge is 2.07. The van der Waals surface area contributed by atoms with Gasteiger partial charge in [0.05, 0.1) is 10.2 Å². The first kappa shape index (κ1) is 19.2. The number of aromatic nitrogens is 1. The average molecular weight is 386 g/mol. The van der Waals surface area contributed by atoms with Crippen LogP contribution in [-0.4, -0.2) is 32.8 Å². The largest absolute Gasteiger partial charge is 0.464 e. The molecule has 1 aromatic heterocycles. The third kappa shape index (κ3) is 4.77. The van der Waals surface area contributed by atoms with Crippen molar-refractivity contribution in [2.75, 3.05) is 33.5 Å². The normalized spacial score (nSPS) is 11.4. The van der Waals surface area contributed by atoms with E-state index in [-0.39, 0.29) is 13.6 Å². The Hall–Kier alpha value is -2.61. The predicted molar refractivity (Wildman–Crippen MR) is 109 cm³/mol. The van der Waals surface area contributed by atoms with Gasteiger partial charge < -0.3 is 24.7 Å². The SMILES string of the molecule is COCOc1ccc(/C=C/c2nc3cc(C)c(N)cc3s2)cc1OCOC. The molecule has 6 nitrogen and oxygen atoms in total. The van der Waals surface area contributed by atoms with Gasteiger partial charge in [0, 0.05) is 19.9 Å². The van der Waals surface area contributed by atoms with Crippen LogP contribution in [0, 0.1) is 6.92 Å². The van der Waals surface area contributed by atoms with Crippen molar-refractivity contribution in [1.82, 2.24) is 4.98 Å². The molecule has 3 aromatic rings. The van der Waals surface area contributed by atoms with Crippen LogP contribution in [0.25, 0.3) is 22.4 Å². The van der Waals surface area contributed by atoms with Crippen LogP contribution in [0.2, 0.25) is 0 Å². The summed E-state index contributed by atoms with van der Waals surface area (Å²) in [6.45, 7) is 2.26. The first-order valence-corrected chi connectivity index (χ1v) is 9.14. The maximum atomic E-state index is 5.98. The van der Waals surface area contributed by atoms with Gasteiger partial charge in [0.2, 0.25) is 0 Å². The van der Waals surface area contributed by atoms with Gasteiger partial charge in [-0.15, -0.1) is 11.3 Å². The molecule has 0 fully saturated rings. The van der Waals surface area contributed by atoms with Gasteiger partial charge in [-0.2, -0.15) is 0 Å². The number of aryl methyl sites for hydroxylation is 1. The topological polar surface area (TPSA) is 75.8 Å². The van der Waals surface area contributed by atoms with E-state index in [1.165, 1.54) is 0 Å². The standard InChI is InChI=1S/C20H22N2O4S/c1-13-8-16-19(10-15(13)21)27-20(22-16)7-5-14-4-6-17(25-11-23-2)18(9-14)26-12-24-3/h4-10H,11-12,21H2,1-3H3/b7-5+. The van der Waals surface area contributed by atoms with Crippen molar-refractivity contribution in [2.24, 2.45) is 0 Å². The Labute approximate surface area is 162 Å². The minimum atomic E-state index is 0.134. The van der Waals surface area contributed by atoms with Crippen molar-refractivity contribution in [3.8, 4) is 11.5 Å². The second kappa shape index (κ2) is 8.85. The number of benzene rings is 2. The summed E-state index contributed by atoms with van der Waals surface area (Å²) >= 11 is 1.60. The van der Waals surface area contributed by atoms with Crippen LogP contribution in [0.3, 0.4) is 0 Å². The monoisotopic (exact) mass is 386 g/mol. The lowest BCUT2D eigenvalue weighted by molar-refractivity contribution is 0.0322. The number of thiazole rings is 1. The van der Waals surface area contributed by atoms with Crippen LogP contribution >= 0.6 is 11.3 Å². The fraction of sp³-hybridized carbons (Fsp3) is 0.250. The fourth-order valence-electron chi connectivity index (χ4n) is 2.46. The van der Waals surface area contributed by atoms with Crippen LogP contribution in [0.15, 0.2) is 30.3 Å². The molecular weight excluding hydrogens is 364 g/mol. The first-order valence-electron chi connectivity index (χ1n) is 8.33. The summed E-state index contributed by atoms with van der Waals surface area (Å²) in [5.74, 6) is 1.18. The molecule has 3 rings (SSSR count). The molecule has 7 heteroatoms. The maximum Gasteiger partial charge on any atom is 0.188 e. The molecule has 0 aliphatic heterocycles. The van der Waals surface area contributed by atoms with Crippen LogP contribution in [0.5, 0.6) is 11.5 Å². The van der Waals surface area contributed by atoms with Gasteiger partial charge in [-0.25, -0.2) is 4.98 Å². The minimum Gasteiger partial charge on any atom is -0.464 e. The molecule has 0 amide bonds. The zero-order chi connectivity index (χ0) is 19.2. The molecule has 2 aromatic carbocycles. The second-order valence-corrected chi connectivity index (χ2v) is 6.93. The lowest BCUT2D eigenvalue weighted by atomic mass is 10.2. The predicted octanol–water partition coefficient (Wildman–Crippen LogP) is 4.32. The lowest BCUT2D eigenvalue weighted by Gasteiger charge is -2.12. The van der Waals surface area contributed by atoms with Crippen molar-refractivity contribution < 1.29 is 18.9 Å². The second-order valence-electron chi connectivity index (χ2n) is 5.87. The summed E-state index contributed by atoms with van der Waals surface area (Å²) in [5, 5.41) is 0.911. The fourth-order valence-corrected chi connectivity index (χ4v) is 3.36. The molecule has 0 atom stereocenters. The summed E-state index contributed by atoms with van der Waals surface area (Å²) in [7, 11) is 3.14. The molecule has 0 saturated heterocycles. The van der Waals surface area contributed by atoms with Crippen molar-refractivity contribution in [3.05, 3.63) is 46.5 Å². The maximum absolute atomic E-state index is 5.98. The minimum absolute atomic E-state index is 0.134. The van der Waals surface area contributed by atoms with E-state index in [1.54, 1.807) is 25.6 Å². The van der Waals surface area contributed by atoms with E-state index in [1.807, 2.05) is 49.4 Å². The number of nitrogens with zero attached hydrogens (tertiary/aromatic N) is 1. The van der Waals surface area contributed by atoms with E-state index in [0.29, 0.717) is 11.5 Å². The van der Waals surface area contributed by atoms with E-state index in [9.17, 15) is 0 Å². The number of rotatable bonds is 8. The number of hydrogen-bond acceptors (Lipinski definition) is 7.